The van der Waals surface area contributed by atoms with E-state index in [1.807, 2.05) is 30.3 Å². The number of carbonyl (C=O) groups is 1. The number of likely N-dealkylation sites (N-methyl/N-ethyl adjacent to an activating group) is 1. The van der Waals surface area contributed by atoms with Gasteiger partial charge in [0.05, 0.1) is 13.2 Å². The number of methoxy groups -OCH3 is 1. The largest absolute Gasteiger partial charge is 0.520 e. The van der Waals surface area contributed by atoms with Crippen molar-refractivity contribution >= 4 is 22.5 Å². The molecule has 2 rings (SSSR count). The van der Waals surface area contributed by atoms with Crippen molar-refractivity contribution in [3.8, 4) is 0 Å². The minimum atomic E-state index is -2.01. The van der Waals surface area contributed by atoms with Gasteiger partial charge in [0.1, 0.15) is 0 Å². The van der Waals surface area contributed by atoms with Gasteiger partial charge in [0.2, 0.25) is 8.32 Å². The number of benzene rings is 1. The SMILES string of the molecule is CO/C(=C\C1(O[Si](C)(C)C)c2ccccc2C(=O)N1C)O[Si](C)(C)C. The maximum absolute atomic E-state index is 12.8. The van der Waals surface area contributed by atoms with Crippen molar-refractivity contribution < 1.29 is 18.4 Å². The number of carbonyl (C=O) groups excluding carboxylic acids is 1. The van der Waals surface area contributed by atoms with Gasteiger partial charge in [-0.25, -0.2) is 0 Å². The molecule has 1 aromatic rings. The van der Waals surface area contributed by atoms with Gasteiger partial charge in [-0.1, -0.05) is 18.2 Å². The van der Waals surface area contributed by atoms with Gasteiger partial charge < -0.3 is 18.5 Å². The minimum absolute atomic E-state index is 0.0615. The Labute approximate surface area is 152 Å². The number of rotatable bonds is 6. The van der Waals surface area contributed by atoms with Crippen LogP contribution in [0.5, 0.6) is 0 Å². The summed E-state index contributed by atoms with van der Waals surface area (Å²) in [5.41, 5.74) is 0.477. The van der Waals surface area contributed by atoms with Crippen LogP contribution in [0.1, 0.15) is 15.9 Å². The molecule has 0 saturated carbocycles. The topological polar surface area (TPSA) is 48.0 Å². The van der Waals surface area contributed by atoms with E-state index in [2.05, 4.69) is 39.3 Å². The zero-order valence-corrected chi connectivity index (χ0v) is 18.5. The summed E-state index contributed by atoms with van der Waals surface area (Å²) in [7, 11) is -0.542. The molecule has 1 amide bonds. The first-order valence-corrected chi connectivity index (χ1v) is 15.2. The first-order chi connectivity index (χ1) is 11.4. The van der Waals surface area contributed by atoms with E-state index < -0.39 is 22.4 Å². The number of amides is 1. The smallest absolute Gasteiger partial charge is 0.266 e. The molecule has 0 saturated heterocycles. The van der Waals surface area contributed by atoms with E-state index in [-0.39, 0.29) is 5.91 Å². The molecular formula is C18H29NO4Si2. The van der Waals surface area contributed by atoms with Crippen LogP contribution in [0, 0.1) is 0 Å². The van der Waals surface area contributed by atoms with E-state index in [1.54, 1.807) is 19.1 Å². The maximum Gasteiger partial charge on any atom is 0.266 e. The van der Waals surface area contributed by atoms with Crippen molar-refractivity contribution in [2.24, 2.45) is 0 Å². The summed E-state index contributed by atoms with van der Waals surface area (Å²) in [5.74, 6) is 0.335. The summed E-state index contributed by atoms with van der Waals surface area (Å²) in [4.78, 5) is 14.5. The fourth-order valence-corrected chi connectivity index (χ4v) is 4.87. The second-order valence-corrected chi connectivity index (χ2v) is 17.1. The highest BCUT2D eigenvalue weighted by Crippen LogP contribution is 2.43. The Hall–Kier alpha value is -1.58. The van der Waals surface area contributed by atoms with Crippen LogP contribution < -0.4 is 0 Å². The van der Waals surface area contributed by atoms with E-state index in [9.17, 15) is 4.79 Å². The molecule has 1 atom stereocenters. The van der Waals surface area contributed by atoms with Gasteiger partial charge in [-0.3, -0.25) is 4.79 Å². The molecule has 138 valence electrons. The number of fused-ring (bicyclic) bond motifs is 1. The van der Waals surface area contributed by atoms with Crippen LogP contribution >= 0.6 is 0 Å². The third-order valence-corrected chi connectivity index (χ3v) is 5.47. The molecular weight excluding hydrogens is 350 g/mol. The fourth-order valence-electron chi connectivity index (χ4n) is 2.88. The van der Waals surface area contributed by atoms with E-state index in [1.165, 1.54) is 0 Å². The number of hydrogen-bond donors (Lipinski definition) is 0. The van der Waals surface area contributed by atoms with Gasteiger partial charge in [-0.05, 0) is 45.3 Å². The van der Waals surface area contributed by atoms with Crippen LogP contribution in [0.15, 0.2) is 36.3 Å². The van der Waals surface area contributed by atoms with Gasteiger partial charge in [0.25, 0.3) is 11.9 Å². The molecule has 0 radical (unpaired) electrons. The fraction of sp³-hybridized carbons (Fsp3) is 0.500. The summed E-state index contributed by atoms with van der Waals surface area (Å²) in [6.07, 6.45) is 1.81. The van der Waals surface area contributed by atoms with E-state index in [4.69, 9.17) is 13.6 Å². The number of ether oxygens (including phenoxy) is 1. The normalized spacial score (nSPS) is 21.4. The average Bonchev–Trinajstić information content (AvgIpc) is 2.67. The highest BCUT2D eigenvalue weighted by atomic mass is 28.4. The van der Waals surface area contributed by atoms with Crippen LogP contribution in [-0.2, 0) is 19.3 Å². The van der Waals surface area contributed by atoms with Gasteiger partial charge in [0.15, 0.2) is 14.0 Å². The summed E-state index contributed by atoms with van der Waals surface area (Å²) in [5, 5.41) is 0. The third kappa shape index (κ3) is 4.16. The van der Waals surface area contributed by atoms with Crippen LogP contribution in [0.25, 0.3) is 0 Å². The molecule has 1 aromatic carbocycles. The summed E-state index contributed by atoms with van der Waals surface area (Å²) < 4.78 is 18.1. The lowest BCUT2D eigenvalue weighted by Gasteiger charge is -2.39. The monoisotopic (exact) mass is 379 g/mol. The molecule has 0 fully saturated rings. The van der Waals surface area contributed by atoms with Crippen molar-refractivity contribution in [2.75, 3.05) is 14.2 Å². The molecule has 25 heavy (non-hydrogen) atoms. The van der Waals surface area contributed by atoms with Crippen LogP contribution in [-0.4, -0.2) is 41.6 Å². The first-order valence-electron chi connectivity index (χ1n) is 8.43. The van der Waals surface area contributed by atoms with Crippen molar-refractivity contribution in [3.05, 3.63) is 47.4 Å². The van der Waals surface area contributed by atoms with Crippen LogP contribution in [0.4, 0.5) is 0 Å². The Kier molecular flexibility index (Phi) is 5.23. The highest BCUT2D eigenvalue weighted by Gasteiger charge is 2.50. The quantitative estimate of drug-likeness (QED) is 0.551. The van der Waals surface area contributed by atoms with Crippen molar-refractivity contribution in [2.45, 2.75) is 45.0 Å². The molecule has 0 N–H and O–H groups in total. The second kappa shape index (κ2) is 6.62. The van der Waals surface area contributed by atoms with Crippen molar-refractivity contribution in [1.29, 1.82) is 0 Å². The molecule has 0 bridgehead atoms. The summed E-state index contributed by atoms with van der Waals surface area (Å²) in [6.45, 7) is 12.6. The summed E-state index contributed by atoms with van der Waals surface area (Å²) >= 11 is 0. The van der Waals surface area contributed by atoms with Crippen molar-refractivity contribution in [3.63, 3.8) is 0 Å². The minimum Gasteiger partial charge on any atom is -0.520 e. The standard InChI is InChI=1S/C18H29NO4Si2/c1-19-17(20)14-11-9-10-12-15(14)18(19,23-25(6,7)8)13-16(21-2)22-24(3,4)5/h9-13H,1-8H3/b16-13+. The molecule has 5 nitrogen and oxygen atoms in total. The molecule has 1 aliphatic rings. The Morgan fingerprint density at radius 2 is 1.68 bits per heavy atom. The van der Waals surface area contributed by atoms with E-state index in [0.717, 1.165) is 5.56 Å². The third-order valence-electron chi connectivity index (χ3n) is 3.73. The maximum atomic E-state index is 12.8. The number of hydrogen-bond acceptors (Lipinski definition) is 4. The van der Waals surface area contributed by atoms with E-state index >= 15 is 0 Å². The first kappa shape index (κ1) is 19.7. The van der Waals surface area contributed by atoms with E-state index in [0.29, 0.717) is 11.5 Å². The molecule has 1 unspecified atom stereocenters. The Morgan fingerprint density at radius 3 is 2.20 bits per heavy atom. The lowest BCUT2D eigenvalue weighted by Crippen LogP contribution is -2.48. The zero-order chi connectivity index (χ0) is 19.0. The van der Waals surface area contributed by atoms with Crippen LogP contribution in [0.2, 0.25) is 39.3 Å². The average molecular weight is 380 g/mol. The molecule has 7 heteroatoms. The number of nitrogens with zero attached hydrogens (tertiary/aromatic N) is 1. The Balaban J connectivity index is 2.66. The molecule has 0 aromatic heterocycles. The predicted octanol–water partition coefficient (Wildman–Crippen LogP) is 4.12. The second-order valence-electron chi connectivity index (χ2n) is 8.20. The van der Waals surface area contributed by atoms with Gasteiger partial charge in [-0.2, -0.15) is 0 Å². The van der Waals surface area contributed by atoms with Gasteiger partial charge >= 0.3 is 0 Å². The Morgan fingerprint density at radius 1 is 1.08 bits per heavy atom. The molecule has 1 aliphatic heterocycles. The molecule has 0 spiro atoms. The van der Waals surface area contributed by atoms with Gasteiger partial charge in [0, 0.05) is 18.2 Å². The molecule has 0 aliphatic carbocycles. The van der Waals surface area contributed by atoms with Crippen LogP contribution in [0.3, 0.4) is 0 Å². The Bertz CT molecular complexity index is 691. The summed E-state index contributed by atoms with van der Waals surface area (Å²) in [6, 6.07) is 7.57. The highest BCUT2D eigenvalue weighted by molar-refractivity contribution is 6.70. The van der Waals surface area contributed by atoms with Gasteiger partial charge in [-0.15, -0.1) is 0 Å². The lowest BCUT2D eigenvalue weighted by molar-refractivity contribution is -0.0221. The van der Waals surface area contributed by atoms with Crippen molar-refractivity contribution in [1.82, 2.24) is 4.90 Å². The lowest BCUT2D eigenvalue weighted by atomic mass is 10.0. The molecule has 1 heterocycles. The predicted molar refractivity (Wildman–Crippen MR) is 104 cm³/mol. The zero-order valence-electron chi connectivity index (χ0n) is 16.5.